The van der Waals surface area contributed by atoms with Crippen LogP contribution in [-0.2, 0) is 0 Å². The first-order valence-electron chi connectivity index (χ1n) is 6.05. The molecule has 0 saturated heterocycles. The third-order valence-corrected chi connectivity index (χ3v) is 3.55. The molecule has 1 unspecified atom stereocenters. The molecule has 2 rings (SSSR count). The van der Waals surface area contributed by atoms with Crippen LogP contribution in [0.4, 0.5) is 0 Å². The number of Topliss-reactive ketones (excluding diaryl/α,β-unsaturated/α-hetero) is 1. The molecule has 1 N–H and O–H groups in total. The first-order valence-corrected chi connectivity index (χ1v) is 6.05. The molecule has 0 aliphatic heterocycles. The second-order valence-corrected chi connectivity index (χ2v) is 4.92. The number of carbonyl (C=O) groups excluding carboxylic acids is 1. The van der Waals surface area contributed by atoms with Crippen molar-refractivity contribution in [1.82, 2.24) is 0 Å². The lowest BCUT2D eigenvalue weighted by Crippen LogP contribution is -2.10. The third-order valence-electron chi connectivity index (χ3n) is 3.55. The lowest BCUT2D eigenvalue weighted by atomic mass is 9.85. The van der Waals surface area contributed by atoms with Crippen LogP contribution in [0, 0.1) is 6.92 Å². The van der Waals surface area contributed by atoms with Gasteiger partial charge in [0.25, 0.3) is 0 Å². The highest BCUT2D eigenvalue weighted by Crippen LogP contribution is 2.33. The number of allylic oxidation sites excluding steroid dienone is 2. The van der Waals surface area contributed by atoms with Crippen molar-refractivity contribution >= 4 is 5.78 Å². The molecular formula is C15H18O2. The van der Waals surface area contributed by atoms with E-state index in [1.165, 1.54) is 0 Å². The number of benzene rings is 1. The molecule has 1 aromatic rings. The molecule has 0 bridgehead atoms. The van der Waals surface area contributed by atoms with Crippen molar-refractivity contribution in [1.29, 1.82) is 0 Å². The first kappa shape index (κ1) is 11.9. The highest BCUT2D eigenvalue weighted by molar-refractivity contribution is 6.09. The van der Waals surface area contributed by atoms with E-state index < -0.39 is 0 Å². The van der Waals surface area contributed by atoms with E-state index in [0.29, 0.717) is 5.92 Å². The molecule has 90 valence electrons. The van der Waals surface area contributed by atoms with Crippen molar-refractivity contribution in [3.8, 4) is 5.75 Å². The number of rotatable bonds is 0. The Kier molecular flexibility index (Phi) is 3.05. The summed E-state index contributed by atoms with van der Waals surface area (Å²) in [5.74, 6) is 0.685. The van der Waals surface area contributed by atoms with Crippen molar-refractivity contribution < 1.29 is 9.90 Å². The monoisotopic (exact) mass is 230 g/mol. The predicted octanol–water partition coefficient (Wildman–Crippen LogP) is 3.73. The molecule has 0 amide bonds. The summed E-state index contributed by atoms with van der Waals surface area (Å²) in [6.07, 6.45) is 3.96. The van der Waals surface area contributed by atoms with Gasteiger partial charge in [-0.25, -0.2) is 0 Å². The zero-order valence-electron chi connectivity index (χ0n) is 10.6. The average molecular weight is 230 g/mol. The van der Waals surface area contributed by atoms with E-state index in [0.717, 1.165) is 35.1 Å². The van der Waals surface area contributed by atoms with E-state index in [4.69, 9.17) is 0 Å². The number of aromatic hydroxyl groups is 1. The molecule has 0 aromatic heterocycles. The van der Waals surface area contributed by atoms with Crippen molar-refractivity contribution in [2.75, 3.05) is 0 Å². The summed E-state index contributed by atoms with van der Waals surface area (Å²) < 4.78 is 0. The van der Waals surface area contributed by atoms with Gasteiger partial charge in [-0.2, -0.15) is 0 Å². The van der Waals surface area contributed by atoms with E-state index in [2.05, 4.69) is 6.92 Å². The topological polar surface area (TPSA) is 37.3 Å². The fourth-order valence-electron chi connectivity index (χ4n) is 2.33. The number of carbonyl (C=O) groups is 1. The van der Waals surface area contributed by atoms with E-state index >= 15 is 0 Å². The average Bonchev–Trinajstić information content (AvgIpc) is 2.29. The molecule has 2 nitrogen and oxygen atoms in total. The molecule has 0 saturated carbocycles. The minimum atomic E-state index is 0.0923. The standard InChI is InChI=1S/C15H18O2/c1-9-5-4-6-10(2)15(17)13-7-11(3)14(16)8-12(9)13/h6-9,16H,4-5H2,1-3H3. The SMILES string of the molecule is CC1=CCCC(C)c2cc(O)c(C)cc2C1=O. The lowest BCUT2D eigenvalue weighted by Gasteiger charge is -2.19. The molecule has 1 atom stereocenters. The number of aryl methyl sites for hydroxylation is 1. The van der Waals surface area contributed by atoms with Crippen LogP contribution >= 0.6 is 0 Å². The summed E-state index contributed by atoms with van der Waals surface area (Å²) >= 11 is 0. The Morgan fingerprint density at radius 1 is 1.29 bits per heavy atom. The molecule has 2 heteroatoms. The summed E-state index contributed by atoms with van der Waals surface area (Å²) in [5.41, 5.74) is 3.30. The molecule has 1 aromatic carbocycles. The fraction of sp³-hybridized carbons (Fsp3) is 0.400. The zero-order chi connectivity index (χ0) is 12.6. The summed E-state index contributed by atoms with van der Waals surface area (Å²) in [6.45, 7) is 5.80. The van der Waals surface area contributed by atoms with Crippen LogP contribution in [-0.4, -0.2) is 10.9 Å². The second-order valence-electron chi connectivity index (χ2n) is 4.92. The van der Waals surface area contributed by atoms with Gasteiger partial charge in [0.2, 0.25) is 0 Å². The fourth-order valence-corrected chi connectivity index (χ4v) is 2.33. The van der Waals surface area contributed by atoms with Gasteiger partial charge in [-0.05, 0) is 61.4 Å². The molecule has 17 heavy (non-hydrogen) atoms. The maximum atomic E-state index is 12.2. The summed E-state index contributed by atoms with van der Waals surface area (Å²) in [6, 6.07) is 3.57. The van der Waals surface area contributed by atoms with Gasteiger partial charge < -0.3 is 5.11 Å². The zero-order valence-corrected chi connectivity index (χ0v) is 10.6. The first-order chi connectivity index (χ1) is 8.00. The van der Waals surface area contributed by atoms with Crippen LogP contribution in [0.15, 0.2) is 23.8 Å². The van der Waals surface area contributed by atoms with E-state index in [1.807, 2.05) is 26.0 Å². The van der Waals surface area contributed by atoms with Crippen molar-refractivity contribution in [2.45, 2.75) is 39.5 Å². The van der Waals surface area contributed by atoms with Gasteiger partial charge in [0, 0.05) is 5.56 Å². The molecular weight excluding hydrogens is 212 g/mol. The minimum Gasteiger partial charge on any atom is -0.508 e. The van der Waals surface area contributed by atoms with E-state index in [9.17, 15) is 9.90 Å². The molecule has 1 aliphatic carbocycles. The van der Waals surface area contributed by atoms with Gasteiger partial charge in [0.15, 0.2) is 5.78 Å². The van der Waals surface area contributed by atoms with Gasteiger partial charge in [-0.15, -0.1) is 0 Å². The summed E-state index contributed by atoms with van der Waals surface area (Å²) in [4.78, 5) is 12.2. The Bertz CT molecular complexity index is 498. The van der Waals surface area contributed by atoms with Gasteiger partial charge in [-0.3, -0.25) is 4.79 Å². The van der Waals surface area contributed by atoms with Gasteiger partial charge >= 0.3 is 0 Å². The smallest absolute Gasteiger partial charge is 0.188 e. The minimum absolute atomic E-state index is 0.0923. The highest BCUT2D eigenvalue weighted by atomic mass is 16.3. The maximum absolute atomic E-state index is 12.2. The predicted molar refractivity (Wildman–Crippen MR) is 68.6 cm³/mol. The number of phenols is 1. The normalized spacial score (nSPS) is 20.3. The van der Waals surface area contributed by atoms with E-state index in [-0.39, 0.29) is 11.5 Å². The number of phenolic OH excluding ortho intramolecular Hbond substituents is 1. The summed E-state index contributed by atoms with van der Waals surface area (Å²) in [5, 5.41) is 9.78. The van der Waals surface area contributed by atoms with Crippen LogP contribution in [0.25, 0.3) is 0 Å². The Morgan fingerprint density at radius 2 is 2.00 bits per heavy atom. The van der Waals surface area contributed by atoms with Crippen LogP contribution in [0.5, 0.6) is 5.75 Å². The van der Waals surface area contributed by atoms with Crippen molar-refractivity contribution in [3.63, 3.8) is 0 Å². The largest absolute Gasteiger partial charge is 0.508 e. The van der Waals surface area contributed by atoms with Crippen molar-refractivity contribution in [3.05, 3.63) is 40.5 Å². The molecule has 0 heterocycles. The third kappa shape index (κ3) is 2.12. The number of fused-ring (bicyclic) bond motifs is 1. The number of hydrogen-bond acceptors (Lipinski definition) is 2. The summed E-state index contributed by atoms with van der Waals surface area (Å²) in [7, 11) is 0. The van der Waals surface area contributed by atoms with E-state index in [1.54, 1.807) is 6.07 Å². The van der Waals surface area contributed by atoms with Crippen LogP contribution in [0.1, 0.15) is 54.1 Å². The van der Waals surface area contributed by atoms with Crippen molar-refractivity contribution in [2.24, 2.45) is 0 Å². The van der Waals surface area contributed by atoms with Crippen LogP contribution < -0.4 is 0 Å². The second kappa shape index (κ2) is 4.36. The van der Waals surface area contributed by atoms with Gasteiger partial charge in [0.1, 0.15) is 5.75 Å². The Morgan fingerprint density at radius 3 is 2.71 bits per heavy atom. The highest BCUT2D eigenvalue weighted by Gasteiger charge is 2.21. The quantitative estimate of drug-likeness (QED) is 0.737. The van der Waals surface area contributed by atoms with Crippen LogP contribution in [0.3, 0.4) is 0 Å². The lowest BCUT2D eigenvalue weighted by molar-refractivity contribution is 0.103. The molecule has 0 fully saturated rings. The van der Waals surface area contributed by atoms with Gasteiger partial charge in [0.05, 0.1) is 0 Å². The molecule has 0 spiro atoms. The Labute approximate surface area is 102 Å². The molecule has 0 radical (unpaired) electrons. The number of ketones is 1. The Hall–Kier alpha value is -1.57. The molecule has 1 aliphatic rings. The van der Waals surface area contributed by atoms with Crippen LogP contribution in [0.2, 0.25) is 0 Å². The number of hydrogen-bond donors (Lipinski definition) is 1. The van der Waals surface area contributed by atoms with Gasteiger partial charge in [-0.1, -0.05) is 13.0 Å². The maximum Gasteiger partial charge on any atom is 0.188 e. The Balaban J connectivity index is 2.64.